The van der Waals surface area contributed by atoms with Gasteiger partial charge in [-0.25, -0.2) is 0 Å². The lowest BCUT2D eigenvalue weighted by molar-refractivity contribution is 0.198. The van der Waals surface area contributed by atoms with Crippen LogP contribution in [0.2, 0.25) is 0 Å². The number of hydrogen-bond donors (Lipinski definition) is 2. The van der Waals surface area contributed by atoms with Gasteiger partial charge in [0.1, 0.15) is 5.76 Å². The fourth-order valence-electron chi connectivity index (χ4n) is 3.22. The van der Waals surface area contributed by atoms with Crippen molar-refractivity contribution in [1.82, 2.24) is 10.2 Å². The third kappa shape index (κ3) is 6.33. The van der Waals surface area contributed by atoms with Gasteiger partial charge < -0.3 is 15.5 Å². The van der Waals surface area contributed by atoms with E-state index in [4.69, 9.17) is 10.2 Å². The number of aliphatic imine (C=N–C) groups is 1. The molecule has 132 valence electrons. The summed E-state index contributed by atoms with van der Waals surface area (Å²) in [6.45, 7) is 6.88. The van der Waals surface area contributed by atoms with Crippen LogP contribution in [0.4, 0.5) is 0 Å². The summed E-state index contributed by atoms with van der Waals surface area (Å²) in [5.41, 5.74) is 6.08. The summed E-state index contributed by atoms with van der Waals surface area (Å²) in [6, 6.07) is 4.59. The SMILES string of the molecule is CCN(CC)C(CN=C(N)NC1CCCCC1)c1ccco1.I. The van der Waals surface area contributed by atoms with Crippen molar-refractivity contribution in [1.29, 1.82) is 0 Å². The van der Waals surface area contributed by atoms with Crippen LogP contribution in [0.5, 0.6) is 0 Å². The van der Waals surface area contributed by atoms with E-state index >= 15 is 0 Å². The Morgan fingerprint density at radius 1 is 1.35 bits per heavy atom. The van der Waals surface area contributed by atoms with Crippen LogP contribution in [-0.4, -0.2) is 36.5 Å². The van der Waals surface area contributed by atoms with E-state index in [1.54, 1.807) is 6.26 Å². The van der Waals surface area contributed by atoms with Gasteiger partial charge in [0.15, 0.2) is 5.96 Å². The predicted octanol–water partition coefficient (Wildman–Crippen LogP) is 3.52. The van der Waals surface area contributed by atoms with E-state index in [-0.39, 0.29) is 30.0 Å². The third-order valence-electron chi connectivity index (χ3n) is 4.52. The number of likely N-dealkylation sites (N-methyl/N-ethyl adjacent to an activating group) is 1. The molecule has 1 fully saturated rings. The summed E-state index contributed by atoms with van der Waals surface area (Å²) >= 11 is 0. The number of nitrogens with one attached hydrogen (secondary N) is 1. The highest BCUT2D eigenvalue weighted by Gasteiger charge is 2.20. The highest BCUT2D eigenvalue weighted by Crippen LogP contribution is 2.21. The Bertz CT molecular complexity index is 439. The molecule has 1 aromatic heterocycles. The second-order valence-electron chi connectivity index (χ2n) is 5.96. The van der Waals surface area contributed by atoms with Crippen molar-refractivity contribution in [3.63, 3.8) is 0 Å². The topological polar surface area (TPSA) is 66.8 Å². The van der Waals surface area contributed by atoms with Crippen molar-refractivity contribution in [2.24, 2.45) is 10.7 Å². The number of nitrogens with zero attached hydrogens (tertiary/aromatic N) is 2. The largest absolute Gasteiger partial charge is 0.468 e. The molecule has 1 saturated carbocycles. The molecule has 6 heteroatoms. The maximum atomic E-state index is 6.08. The molecule has 0 spiro atoms. The molecule has 5 nitrogen and oxygen atoms in total. The second kappa shape index (κ2) is 10.9. The van der Waals surface area contributed by atoms with Crippen LogP contribution in [0, 0.1) is 0 Å². The van der Waals surface area contributed by atoms with Gasteiger partial charge in [-0.1, -0.05) is 33.1 Å². The van der Waals surface area contributed by atoms with E-state index < -0.39 is 0 Å². The Balaban J connectivity index is 0.00000264. The van der Waals surface area contributed by atoms with Gasteiger partial charge in [0.25, 0.3) is 0 Å². The molecule has 0 bridgehead atoms. The van der Waals surface area contributed by atoms with Gasteiger partial charge >= 0.3 is 0 Å². The third-order valence-corrected chi connectivity index (χ3v) is 4.52. The Morgan fingerprint density at radius 3 is 2.61 bits per heavy atom. The number of nitrogens with two attached hydrogens (primary N) is 1. The molecule has 0 aromatic carbocycles. The van der Waals surface area contributed by atoms with Gasteiger partial charge in [0.2, 0.25) is 0 Å². The molecular formula is C17H31IN4O. The van der Waals surface area contributed by atoms with Crippen LogP contribution in [0.15, 0.2) is 27.8 Å². The molecular weight excluding hydrogens is 403 g/mol. The zero-order valence-corrected chi connectivity index (χ0v) is 16.7. The van der Waals surface area contributed by atoms with Crippen molar-refractivity contribution < 1.29 is 4.42 Å². The van der Waals surface area contributed by atoms with E-state index in [2.05, 4.69) is 29.1 Å². The molecule has 0 aliphatic heterocycles. The molecule has 1 aliphatic carbocycles. The van der Waals surface area contributed by atoms with Gasteiger partial charge in [-0.05, 0) is 38.1 Å². The number of hydrogen-bond acceptors (Lipinski definition) is 3. The van der Waals surface area contributed by atoms with E-state index in [0.29, 0.717) is 18.5 Å². The summed E-state index contributed by atoms with van der Waals surface area (Å²) in [4.78, 5) is 6.92. The van der Waals surface area contributed by atoms with Gasteiger partial charge in [-0.3, -0.25) is 9.89 Å². The minimum atomic E-state index is 0. The summed E-state index contributed by atoms with van der Waals surface area (Å²) in [6.07, 6.45) is 8.05. The van der Waals surface area contributed by atoms with Crippen molar-refractivity contribution in [2.45, 2.75) is 58.0 Å². The standard InChI is InChI=1S/C17H30N4O.HI/c1-3-21(4-2)15(16-11-8-12-22-16)13-19-17(18)20-14-9-6-5-7-10-14;/h8,11-12,14-15H,3-7,9-10,13H2,1-2H3,(H3,18,19,20);1H. The van der Waals surface area contributed by atoms with Gasteiger partial charge in [0, 0.05) is 6.04 Å². The molecule has 0 amide bonds. The average Bonchev–Trinajstić information content (AvgIpc) is 3.06. The van der Waals surface area contributed by atoms with Crippen molar-refractivity contribution in [3.8, 4) is 0 Å². The summed E-state index contributed by atoms with van der Waals surface area (Å²) < 4.78 is 5.59. The second-order valence-corrected chi connectivity index (χ2v) is 5.96. The van der Waals surface area contributed by atoms with E-state index in [1.807, 2.05) is 12.1 Å². The van der Waals surface area contributed by atoms with Crippen LogP contribution >= 0.6 is 24.0 Å². The molecule has 1 heterocycles. The Morgan fingerprint density at radius 2 is 2.04 bits per heavy atom. The zero-order chi connectivity index (χ0) is 15.8. The first-order chi connectivity index (χ1) is 10.7. The Hall–Kier alpha value is -0.760. The van der Waals surface area contributed by atoms with Crippen molar-refractivity contribution in [2.75, 3.05) is 19.6 Å². The van der Waals surface area contributed by atoms with Crippen LogP contribution in [0.1, 0.15) is 57.8 Å². The molecule has 2 rings (SSSR count). The minimum absolute atomic E-state index is 0. The summed E-state index contributed by atoms with van der Waals surface area (Å²) in [5, 5.41) is 3.37. The van der Waals surface area contributed by atoms with Crippen LogP contribution < -0.4 is 11.1 Å². The smallest absolute Gasteiger partial charge is 0.188 e. The average molecular weight is 434 g/mol. The van der Waals surface area contributed by atoms with Crippen molar-refractivity contribution >= 4 is 29.9 Å². The first-order valence-corrected chi connectivity index (χ1v) is 8.58. The lowest BCUT2D eigenvalue weighted by Crippen LogP contribution is -2.41. The fraction of sp³-hybridized carbons (Fsp3) is 0.706. The number of guanidine groups is 1. The maximum absolute atomic E-state index is 6.08. The number of halogens is 1. The van der Waals surface area contributed by atoms with Crippen LogP contribution in [-0.2, 0) is 0 Å². The molecule has 1 unspecified atom stereocenters. The van der Waals surface area contributed by atoms with Crippen LogP contribution in [0.3, 0.4) is 0 Å². The molecule has 3 N–H and O–H groups in total. The highest BCUT2D eigenvalue weighted by molar-refractivity contribution is 14.0. The maximum Gasteiger partial charge on any atom is 0.188 e. The number of furan rings is 1. The molecule has 0 saturated heterocycles. The Kier molecular flexibility index (Phi) is 9.62. The number of rotatable bonds is 7. The molecule has 23 heavy (non-hydrogen) atoms. The molecule has 0 radical (unpaired) electrons. The first-order valence-electron chi connectivity index (χ1n) is 8.58. The summed E-state index contributed by atoms with van der Waals surface area (Å²) in [7, 11) is 0. The van der Waals surface area contributed by atoms with E-state index in [1.165, 1.54) is 32.1 Å². The van der Waals surface area contributed by atoms with E-state index in [9.17, 15) is 0 Å². The molecule has 1 atom stereocenters. The zero-order valence-electron chi connectivity index (χ0n) is 14.3. The monoisotopic (exact) mass is 434 g/mol. The lowest BCUT2D eigenvalue weighted by Gasteiger charge is -2.27. The first kappa shape index (κ1) is 20.3. The van der Waals surface area contributed by atoms with Crippen LogP contribution in [0.25, 0.3) is 0 Å². The summed E-state index contributed by atoms with van der Waals surface area (Å²) in [5.74, 6) is 1.52. The fourth-order valence-corrected chi connectivity index (χ4v) is 3.22. The van der Waals surface area contributed by atoms with Gasteiger partial charge in [-0.2, -0.15) is 0 Å². The van der Waals surface area contributed by atoms with Crippen molar-refractivity contribution in [3.05, 3.63) is 24.2 Å². The minimum Gasteiger partial charge on any atom is -0.468 e. The van der Waals surface area contributed by atoms with Gasteiger partial charge in [0.05, 0.1) is 18.8 Å². The van der Waals surface area contributed by atoms with E-state index in [0.717, 1.165) is 18.8 Å². The molecule has 1 aliphatic rings. The Labute approximate surface area is 157 Å². The quantitative estimate of drug-likeness (QED) is 0.392. The lowest BCUT2D eigenvalue weighted by atomic mass is 9.96. The normalized spacial score (nSPS) is 17.8. The van der Waals surface area contributed by atoms with Gasteiger partial charge in [-0.15, -0.1) is 24.0 Å². The predicted molar refractivity (Wildman–Crippen MR) is 106 cm³/mol. The highest BCUT2D eigenvalue weighted by atomic mass is 127. The molecule has 1 aromatic rings.